The maximum atomic E-state index is 2.65. The molecule has 0 atom stereocenters. The van der Waals surface area contributed by atoms with E-state index >= 15 is 0 Å². The van der Waals surface area contributed by atoms with Crippen molar-refractivity contribution in [2.75, 3.05) is 0 Å². The third kappa shape index (κ3) is 6.31. The fraction of sp³-hybridized carbons (Fsp3) is 0.154. The van der Waals surface area contributed by atoms with Gasteiger partial charge in [0.25, 0.3) is 0 Å². The first kappa shape index (κ1) is 47.1. The molecule has 14 aromatic carbocycles. The van der Waals surface area contributed by atoms with E-state index in [-0.39, 0.29) is 10.8 Å². The highest BCUT2D eigenvalue weighted by atomic mass is 15.0. The lowest BCUT2D eigenvalue weighted by Crippen LogP contribution is -2.12. The molecule has 0 N–H and O–H groups in total. The molecule has 0 fully saturated rings. The molecule has 0 saturated carbocycles. The van der Waals surface area contributed by atoms with E-state index in [1.807, 2.05) is 0 Å². The number of fused-ring (bicyclic) bond motifs is 14. The van der Waals surface area contributed by atoms with E-state index in [1.165, 1.54) is 186 Å². The number of aromatic nitrogens is 2. The van der Waals surface area contributed by atoms with Crippen LogP contribution >= 0.6 is 0 Å². The average Bonchev–Trinajstić information content (AvgIpc) is 4.37. The van der Waals surface area contributed by atoms with Gasteiger partial charge < -0.3 is 9.13 Å². The van der Waals surface area contributed by atoms with Crippen molar-refractivity contribution in [1.82, 2.24) is 9.13 Å². The molecule has 2 aromatic heterocycles. The first-order valence-corrected chi connectivity index (χ1v) is 28.7. The highest BCUT2D eigenvalue weighted by Gasteiger charge is 2.31. The molecule has 80 heavy (non-hydrogen) atoms. The smallest absolute Gasteiger partial charge is 0.0633 e. The van der Waals surface area contributed by atoms with Crippen LogP contribution in [0.5, 0.6) is 0 Å². The molecule has 0 amide bonds. The van der Waals surface area contributed by atoms with Gasteiger partial charge in [-0.15, -0.1) is 0 Å². The summed E-state index contributed by atoms with van der Waals surface area (Å²) >= 11 is 0. The molecule has 2 heteroatoms. The monoisotopic (exact) mass is 1030 g/mol. The van der Waals surface area contributed by atoms with Gasteiger partial charge in [0.2, 0.25) is 0 Å². The lowest BCUT2D eigenvalue weighted by molar-refractivity contribution is 0.589. The summed E-state index contributed by atoms with van der Waals surface area (Å²) in [5.41, 5.74) is 20.6. The number of rotatable bonds is 4. The Balaban J connectivity index is 1.15. The standard InChI is InChI=1S/C78H62N2/c1-43-37-48(77(5,6)7)38-44(2)68(43)47-33-34-50-61(41-47)56-26-20-27-58-71(56)62(50)42-63-72(58)76(80-66-31-17-13-23-53(66)54-24-14-18-32-67(54)80)74-59-28-19-25-55-57(69-45(3)39-49(40-46(69)4)78(8,9)10)35-36-60(70(55)59)73(74)75(63)79-64-29-15-11-21-51(64)52-22-12-16-30-65(52)79/h11-42H,1-10H3. The summed E-state index contributed by atoms with van der Waals surface area (Å²) in [7, 11) is 0. The Morgan fingerprint density at radius 1 is 0.263 bits per heavy atom. The van der Waals surface area contributed by atoms with Crippen LogP contribution in [0.15, 0.2) is 194 Å². The molecule has 0 aliphatic rings. The molecule has 0 aliphatic heterocycles. The van der Waals surface area contributed by atoms with Crippen LogP contribution < -0.4 is 0 Å². The van der Waals surface area contributed by atoms with Crippen LogP contribution in [0.1, 0.15) is 74.9 Å². The summed E-state index contributed by atoms with van der Waals surface area (Å²) in [6, 6.07) is 75.2. The van der Waals surface area contributed by atoms with Gasteiger partial charge in [0, 0.05) is 43.1 Å². The molecule has 2 nitrogen and oxygen atoms in total. The fourth-order valence-electron chi connectivity index (χ4n) is 15.0. The summed E-state index contributed by atoms with van der Waals surface area (Å²) in [5.74, 6) is 0. The van der Waals surface area contributed by atoms with Gasteiger partial charge in [-0.1, -0.05) is 199 Å². The van der Waals surface area contributed by atoms with Crippen LogP contribution in [0.4, 0.5) is 0 Å². The lowest BCUT2D eigenvalue weighted by atomic mass is 9.82. The second-order valence-corrected chi connectivity index (χ2v) is 25.4. The largest absolute Gasteiger partial charge is 0.308 e. The van der Waals surface area contributed by atoms with Crippen LogP contribution in [0.2, 0.25) is 0 Å². The Bertz CT molecular complexity index is 5200. The summed E-state index contributed by atoms with van der Waals surface area (Å²) in [6.45, 7) is 23.1. The molecule has 0 bridgehead atoms. The summed E-state index contributed by atoms with van der Waals surface area (Å²) in [5, 5.41) is 23.0. The van der Waals surface area contributed by atoms with Gasteiger partial charge in [0.05, 0.1) is 33.4 Å². The predicted octanol–water partition coefficient (Wildman–Crippen LogP) is 22.0. The zero-order chi connectivity index (χ0) is 54.4. The highest BCUT2D eigenvalue weighted by molar-refractivity contribution is 6.44. The minimum atomic E-state index is 0.0413. The minimum Gasteiger partial charge on any atom is -0.308 e. The van der Waals surface area contributed by atoms with Crippen LogP contribution in [-0.4, -0.2) is 9.13 Å². The van der Waals surface area contributed by atoms with Crippen molar-refractivity contribution in [3.05, 3.63) is 228 Å². The molecular weight excluding hydrogens is 965 g/mol. The first-order chi connectivity index (χ1) is 38.7. The summed E-state index contributed by atoms with van der Waals surface area (Å²) in [6.07, 6.45) is 0. The Hall–Kier alpha value is -8.98. The van der Waals surface area contributed by atoms with Gasteiger partial charge in [-0.05, 0) is 184 Å². The van der Waals surface area contributed by atoms with Gasteiger partial charge >= 0.3 is 0 Å². The Morgan fingerprint density at radius 2 is 0.662 bits per heavy atom. The third-order valence-corrected chi connectivity index (χ3v) is 18.5. The predicted molar refractivity (Wildman–Crippen MR) is 347 cm³/mol. The maximum Gasteiger partial charge on any atom is 0.0633 e. The summed E-state index contributed by atoms with van der Waals surface area (Å²) < 4.78 is 5.29. The summed E-state index contributed by atoms with van der Waals surface area (Å²) in [4.78, 5) is 0. The molecule has 0 spiro atoms. The van der Waals surface area contributed by atoms with Crippen LogP contribution in [0, 0.1) is 27.7 Å². The molecule has 0 unspecified atom stereocenters. The number of hydrogen-bond acceptors (Lipinski definition) is 0. The molecular formula is C78H62N2. The van der Waals surface area contributed by atoms with Crippen molar-refractivity contribution in [2.45, 2.75) is 80.1 Å². The number of para-hydroxylation sites is 4. The Morgan fingerprint density at radius 3 is 1.19 bits per heavy atom. The maximum absolute atomic E-state index is 2.65. The number of nitrogens with zero attached hydrogens (tertiary/aromatic N) is 2. The van der Waals surface area contributed by atoms with E-state index in [9.17, 15) is 0 Å². The van der Waals surface area contributed by atoms with Gasteiger partial charge in [-0.25, -0.2) is 0 Å². The molecule has 0 aliphatic carbocycles. The van der Waals surface area contributed by atoms with E-state index in [1.54, 1.807) is 0 Å². The second kappa shape index (κ2) is 16.3. The molecule has 0 saturated heterocycles. The topological polar surface area (TPSA) is 9.86 Å². The number of hydrogen-bond donors (Lipinski definition) is 0. The molecule has 16 rings (SSSR count). The van der Waals surface area contributed by atoms with E-state index in [4.69, 9.17) is 0 Å². The number of aryl methyl sites for hydroxylation is 4. The van der Waals surface area contributed by atoms with Crippen molar-refractivity contribution >= 4 is 119 Å². The van der Waals surface area contributed by atoms with E-state index in [0.29, 0.717) is 0 Å². The SMILES string of the molecule is Cc1cc(C(C)(C)C)cc(C)c1-c1ccc2c(c1)c1cccc3c4c(-n5c6ccccc6c6ccccc65)c5c6cccc7c(-c8c(C)cc(C(C)(C)C)cc8C)ccc(c5c(-n5c8ccccc8c8ccccc85)c4cc2c13)c76. The van der Waals surface area contributed by atoms with E-state index in [2.05, 4.69) is 272 Å². The van der Waals surface area contributed by atoms with E-state index in [0.717, 1.165) is 0 Å². The second-order valence-electron chi connectivity index (χ2n) is 25.4. The van der Waals surface area contributed by atoms with Gasteiger partial charge in [0.1, 0.15) is 0 Å². The van der Waals surface area contributed by atoms with Gasteiger partial charge in [-0.3, -0.25) is 0 Å². The first-order valence-electron chi connectivity index (χ1n) is 28.7. The zero-order valence-corrected chi connectivity index (χ0v) is 47.4. The van der Waals surface area contributed by atoms with Crippen molar-refractivity contribution in [2.24, 2.45) is 0 Å². The molecule has 0 radical (unpaired) electrons. The molecule has 2 heterocycles. The Labute approximate surface area is 466 Å². The van der Waals surface area contributed by atoms with Crippen molar-refractivity contribution in [1.29, 1.82) is 0 Å². The van der Waals surface area contributed by atoms with E-state index < -0.39 is 0 Å². The zero-order valence-electron chi connectivity index (χ0n) is 47.4. The quantitative estimate of drug-likeness (QED) is 0.156. The molecule has 16 aromatic rings. The third-order valence-electron chi connectivity index (χ3n) is 18.5. The normalized spacial score (nSPS) is 12.9. The van der Waals surface area contributed by atoms with Crippen LogP contribution in [-0.2, 0) is 10.8 Å². The highest BCUT2D eigenvalue weighted by Crippen LogP contribution is 2.55. The van der Waals surface area contributed by atoms with Crippen molar-refractivity contribution in [3.8, 4) is 33.6 Å². The lowest BCUT2D eigenvalue weighted by Gasteiger charge is -2.23. The average molecular weight is 1030 g/mol. The van der Waals surface area contributed by atoms with Crippen molar-refractivity contribution < 1.29 is 0 Å². The Kier molecular flexibility index (Phi) is 9.59. The van der Waals surface area contributed by atoms with Crippen LogP contribution in [0.25, 0.3) is 153 Å². The minimum absolute atomic E-state index is 0.0413. The molecule has 384 valence electrons. The fourth-order valence-corrected chi connectivity index (χ4v) is 15.0. The van der Waals surface area contributed by atoms with Crippen molar-refractivity contribution in [3.63, 3.8) is 0 Å². The number of benzene rings is 12. The van der Waals surface area contributed by atoms with Crippen LogP contribution in [0.3, 0.4) is 0 Å². The van der Waals surface area contributed by atoms with Gasteiger partial charge in [-0.2, -0.15) is 0 Å². The van der Waals surface area contributed by atoms with Gasteiger partial charge in [0.15, 0.2) is 0 Å².